The molecule has 3 heteroatoms. The van der Waals surface area contributed by atoms with E-state index in [0.29, 0.717) is 11.5 Å². The van der Waals surface area contributed by atoms with Crippen LogP contribution in [0.2, 0.25) is 0 Å². The molecule has 0 unspecified atom stereocenters. The van der Waals surface area contributed by atoms with Crippen LogP contribution in [0, 0.1) is 17.6 Å². The second-order valence-electron chi connectivity index (χ2n) is 4.24. The molecular weight excluding hydrogens is 196 g/mol. The van der Waals surface area contributed by atoms with Gasteiger partial charge in [0, 0.05) is 17.7 Å². The molecule has 1 atom stereocenters. The Balaban J connectivity index is 2.20. The van der Waals surface area contributed by atoms with E-state index in [1.54, 1.807) is 0 Å². The third-order valence-electron chi connectivity index (χ3n) is 3.23. The predicted octanol–water partition coefficient (Wildman–Crippen LogP) is 3.15. The van der Waals surface area contributed by atoms with Gasteiger partial charge in [-0.1, -0.05) is 18.9 Å². The molecule has 0 aromatic heterocycles. The van der Waals surface area contributed by atoms with Crippen LogP contribution in [-0.2, 0) is 0 Å². The van der Waals surface area contributed by atoms with E-state index in [2.05, 4.69) is 0 Å². The molecule has 2 N–H and O–H groups in total. The van der Waals surface area contributed by atoms with Gasteiger partial charge in [-0.05, 0) is 24.8 Å². The summed E-state index contributed by atoms with van der Waals surface area (Å²) in [5.74, 6) is -0.714. The maximum Gasteiger partial charge on any atom is 0.130 e. The second-order valence-corrected chi connectivity index (χ2v) is 4.24. The Hall–Kier alpha value is -0.960. The van der Waals surface area contributed by atoms with Crippen LogP contribution in [0.3, 0.4) is 0 Å². The van der Waals surface area contributed by atoms with E-state index in [9.17, 15) is 8.78 Å². The Morgan fingerprint density at radius 2 is 1.87 bits per heavy atom. The van der Waals surface area contributed by atoms with Gasteiger partial charge in [-0.25, -0.2) is 8.78 Å². The Morgan fingerprint density at radius 3 is 2.47 bits per heavy atom. The molecule has 1 aromatic rings. The van der Waals surface area contributed by atoms with Gasteiger partial charge in [-0.15, -0.1) is 0 Å². The molecule has 0 heterocycles. The van der Waals surface area contributed by atoms with Crippen molar-refractivity contribution < 1.29 is 8.78 Å². The molecule has 2 rings (SSSR count). The van der Waals surface area contributed by atoms with Gasteiger partial charge in [-0.3, -0.25) is 0 Å². The van der Waals surface area contributed by atoms with Gasteiger partial charge in [-0.2, -0.15) is 0 Å². The molecule has 0 amide bonds. The molecule has 0 spiro atoms. The lowest BCUT2D eigenvalue weighted by atomic mass is 9.92. The minimum atomic E-state index is -0.546. The molecule has 1 aromatic carbocycles. The smallest absolute Gasteiger partial charge is 0.130 e. The maximum absolute atomic E-state index is 13.4. The number of benzene rings is 1. The lowest BCUT2D eigenvalue weighted by Crippen LogP contribution is -2.20. The van der Waals surface area contributed by atoms with Crippen LogP contribution in [0.4, 0.5) is 8.78 Å². The quantitative estimate of drug-likeness (QED) is 0.799. The first kappa shape index (κ1) is 10.6. The minimum Gasteiger partial charge on any atom is -0.324 e. The van der Waals surface area contributed by atoms with Crippen molar-refractivity contribution in [1.82, 2.24) is 0 Å². The molecule has 0 radical (unpaired) electrons. The molecule has 1 aliphatic carbocycles. The number of rotatable bonds is 2. The maximum atomic E-state index is 13.4. The van der Waals surface area contributed by atoms with Crippen LogP contribution in [0.15, 0.2) is 18.2 Å². The topological polar surface area (TPSA) is 26.0 Å². The van der Waals surface area contributed by atoms with E-state index in [1.165, 1.54) is 25.0 Å². The Bertz CT molecular complexity index is 345. The van der Waals surface area contributed by atoms with Crippen molar-refractivity contribution in [1.29, 1.82) is 0 Å². The van der Waals surface area contributed by atoms with Crippen LogP contribution in [0.25, 0.3) is 0 Å². The summed E-state index contributed by atoms with van der Waals surface area (Å²) in [6, 6.07) is 3.36. The lowest BCUT2D eigenvalue weighted by molar-refractivity contribution is 0.427. The van der Waals surface area contributed by atoms with Gasteiger partial charge in [0.25, 0.3) is 0 Å². The Labute approximate surface area is 88.3 Å². The number of nitrogens with two attached hydrogens (primary N) is 1. The van der Waals surface area contributed by atoms with Crippen LogP contribution >= 0.6 is 0 Å². The molecule has 15 heavy (non-hydrogen) atoms. The van der Waals surface area contributed by atoms with Gasteiger partial charge in [0.05, 0.1) is 0 Å². The van der Waals surface area contributed by atoms with E-state index in [-0.39, 0.29) is 6.04 Å². The van der Waals surface area contributed by atoms with Gasteiger partial charge in [0.15, 0.2) is 0 Å². The van der Waals surface area contributed by atoms with Crippen molar-refractivity contribution in [2.45, 2.75) is 31.7 Å². The summed E-state index contributed by atoms with van der Waals surface area (Å²) in [7, 11) is 0. The van der Waals surface area contributed by atoms with E-state index >= 15 is 0 Å². The number of hydrogen-bond acceptors (Lipinski definition) is 1. The molecule has 0 aliphatic heterocycles. The van der Waals surface area contributed by atoms with Crippen molar-refractivity contribution in [3.05, 3.63) is 35.4 Å². The van der Waals surface area contributed by atoms with Crippen molar-refractivity contribution in [2.24, 2.45) is 11.7 Å². The van der Waals surface area contributed by atoms with Crippen molar-refractivity contribution in [3.8, 4) is 0 Å². The molecule has 1 aliphatic rings. The molecule has 0 saturated heterocycles. The average molecular weight is 211 g/mol. The third-order valence-corrected chi connectivity index (χ3v) is 3.23. The zero-order chi connectivity index (χ0) is 10.8. The zero-order valence-electron chi connectivity index (χ0n) is 8.55. The van der Waals surface area contributed by atoms with Gasteiger partial charge in [0.2, 0.25) is 0 Å². The predicted molar refractivity (Wildman–Crippen MR) is 55.2 cm³/mol. The molecular formula is C12H15F2N. The molecule has 82 valence electrons. The summed E-state index contributed by atoms with van der Waals surface area (Å²) in [6.07, 6.45) is 4.44. The standard InChI is InChI=1S/C12H15F2N/c13-9-5-6-10(11(14)7-9)12(15)8-3-1-2-4-8/h5-8,12H,1-4,15H2/t12-/m1/s1. The lowest BCUT2D eigenvalue weighted by Gasteiger charge is -2.19. The highest BCUT2D eigenvalue weighted by Gasteiger charge is 2.25. The number of halogens is 2. The van der Waals surface area contributed by atoms with Crippen LogP contribution in [-0.4, -0.2) is 0 Å². The summed E-state index contributed by atoms with van der Waals surface area (Å²) < 4.78 is 26.1. The fourth-order valence-electron chi connectivity index (χ4n) is 2.34. The first-order valence-corrected chi connectivity index (χ1v) is 5.39. The first-order valence-electron chi connectivity index (χ1n) is 5.39. The average Bonchev–Trinajstić information content (AvgIpc) is 2.69. The van der Waals surface area contributed by atoms with Crippen molar-refractivity contribution in [3.63, 3.8) is 0 Å². The van der Waals surface area contributed by atoms with E-state index in [4.69, 9.17) is 5.73 Å². The van der Waals surface area contributed by atoms with Gasteiger partial charge < -0.3 is 5.73 Å². The minimum absolute atomic E-state index is 0.284. The van der Waals surface area contributed by atoms with E-state index in [1.807, 2.05) is 0 Å². The van der Waals surface area contributed by atoms with Crippen molar-refractivity contribution >= 4 is 0 Å². The Morgan fingerprint density at radius 1 is 1.20 bits per heavy atom. The SMILES string of the molecule is N[C@@H](c1ccc(F)cc1F)C1CCCC1. The zero-order valence-corrected chi connectivity index (χ0v) is 8.55. The van der Waals surface area contributed by atoms with Crippen LogP contribution < -0.4 is 5.73 Å². The highest BCUT2D eigenvalue weighted by molar-refractivity contribution is 5.22. The molecule has 0 bridgehead atoms. The molecule has 1 fully saturated rings. The normalized spacial score (nSPS) is 19.4. The largest absolute Gasteiger partial charge is 0.324 e. The van der Waals surface area contributed by atoms with Crippen LogP contribution in [0.5, 0.6) is 0 Å². The fourth-order valence-corrected chi connectivity index (χ4v) is 2.34. The summed E-state index contributed by atoms with van der Waals surface area (Å²) in [6.45, 7) is 0. The van der Waals surface area contributed by atoms with E-state index in [0.717, 1.165) is 18.9 Å². The highest BCUT2D eigenvalue weighted by Crippen LogP contribution is 2.34. The van der Waals surface area contributed by atoms with Gasteiger partial charge >= 0.3 is 0 Å². The first-order chi connectivity index (χ1) is 7.18. The molecule has 1 nitrogen and oxygen atoms in total. The monoisotopic (exact) mass is 211 g/mol. The Kier molecular flexibility index (Phi) is 3.00. The number of hydrogen-bond donors (Lipinski definition) is 1. The second kappa shape index (κ2) is 4.27. The third kappa shape index (κ3) is 2.17. The van der Waals surface area contributed by atoms with E-state index < -0.39 is 11.6 Å². The molecule has 1 saturated carbocycles. The highest BCUT2D eigenvalue weighted by atomic mass is 19.1. The summed E-state index contributed by atoms with van der Waals surface area (Å²) in [5, 5.41) is 0. The van der Waals surface area contributed by atoms with Gasteiger partial charge in [0.1, 0.15) is 11.6 Å². The fraction of sp³-hybridized carbons (Fsp3) is 0.500. The van der Waals surface area contributed by atoms with Crippen molar-refractivity contribution in [2.75, 3.05) is 0 Å². The summed E-state index contributed by atoms with van der Waals surface area (Å²) >= 11 is 0. The summed E-state index contributed by atoms with van der Waals surface area (Å²) in [5.41, 5.74) is 6.44. The van der Waals surface area contributed by atoms with Crippen LogP contribution in [0.1, 0.15) is 37.3 Å². The summed E-state index contributed by atoms with van der Waals surface area (Å²) in [4.78, 5) is 0.